The van der Waals surface area contributed by atoms with Crippen LogP contribution in [0.15, 0.2) is 36.4 Å². The predicted molar refractivity (Wildman–Crippen MR) is 93.7 cm³/mol. The van der Waals surface area contributed by atoms with E-state index in [1.54, 1.807) is 0 Å². The van der Waals surface area contributed by atoms with Gasteiger partial charge in [-0.15, -0.1) is 0 Å². The Bertz CT molecular complexity index is 746. The first-order chi connectivity index (χ1) is 11.3. The molecule has 2 rings (SSSR count). The van der Waals surface area contributed by atoms with Crippen molar-refractivity contribution in [2.24, 2.45) is 0 Å². The van der Waals surface area contributed by atoms with Crippen LogP contribution in [0.1, 0.15) is 23.6 Å². The largest absolute Gasteiger partial charge is 0.325 e. The van der Waals surface area contributed by atoms with Gasteiger partial charge in [-0.1, -0.05) is 17.7 Å². The van der Waals surface area contributed by atoms with Crippen LogP contribution in [0, 0.1) is 26.6 Å². The predicted octanol–water partition coefficient (Wildman–Crippen LogP) is 3.74. The van der Waals surface area contributed by atoms with Crippen LogP contribution in [0.5, 0.6) is 0 Å². The highest BCUT2D eigenvalue weighted by Gasteiger charge is 2.19. The Kier molecular flexibility index (Phi) is 5.34. The summed E-state index contributed by atoms with van der Waals surface area (Å²) in [5.74, 6) is -0.917. The summed E-state index contributed by atoms with van der Waals surface area (Å²) < 4.78 is 12.9. The van der Waals surface area contributed by atoms with Gasteiger partial charge in [-0.25, -0.2) is 4.39 Å². The van der Waals surface area contributed by atoms with E-state index in [0.717, 1.165) is 22.4 Å². The summed E-state index contributed by atoms with van der Waals surface area (Å²) in [5.41, 5.74) is 4.23. The van der Waals surface area contributed by atoms with Gasteiger partial charge in [-0.3, -0.25) is 9.59 Å². The molecule has 0 aliphatic heterocycles. The van der Waals surface area contributed by atoms with E-state index < -0.39 is 0 Å². The molecule has 0 saturated carbocycles. The van der Waals surface area contributed by atoms with E-state index >= 15 is 0 Å². The number of halogens is 1. The number of carbonyl (C=O) groups excluding carboxylic acids is 2. The SMILES string of the molecule is CC(=O)N(CC(=O)Nc1ccc(F)cc1)c1c(C)cc(C)cc1C. The first-order valence-corrected chi connectivity index (χ1v) is 7.69. The molecule has 24 heavy (non-hydrogen) atoms. The third-order valence-electron chi connectivity index (χ3n) is 3.72. The van der Waals surface area contributed by atoms with Crippen LogP contribution in [0.2, 0.25) is 0 Å². The van der Waals surface area contributed by atoms with E-state index in [1.807, 2.05) is 32.9 Å². The highest BCUT2D eigenvalue weighted by molar-refractivity contribution is 6.02. The lowest BCUT2D eigenvalue weighted by molar-refractivity contribution is -0.120. The van der Waals surface area contributed by atoms with Gasteiger partial charge in [0.25, 0.3) is 0 Å². The Morgan fingerprint density at radius 2 is 1.58 bits per heavy atom. The quantitative estimate of drug-likeness (QED) is 0.929. The maximum Gasteiger partial charge on any atom is 0.244 e. The van der Waals surface area contributed by atoms with Crippen molar-refractivity contribution in [3.63, 3.8) is 0 Å². The molecule has 2 aromatic rings. The number of hydrogen-bond acceptors (Lipinski definition) is 2. The summed E-state index contributed by atoms with van der Waals surface area (Å²) in [6, 6.07) is 9.47. The molecule has 1 N–H and O–H groups in total. The zero-order valence-electron chi connectivity index (χ0n) is 14.3. The summed E-state index contributed by atoms with van der Waals surface area (Å²) >= 11 is 0. The average molecular weight is 328 g/mol. The summed E-state index contributed by atoms with van der Waals surface area (Å²) in [6.45, 7) is 7.16. The third-order valence-corrected chi connectivity index (χ3v) is 3.72. The molecule has 4 nitrogen and oxygen atoms in total. The molecule has 5 heteroatoms. The van der Waals surface area contributed by atoms with Crippen molar-refractivity contribution in [2.45, 2.75) is 27.7 Å². The Labute approximate surface area is 141 Å². The summed E-state index contributed by atoms with van der Waals surface area (Å²) in [5, 5.41) is 2.68. The zero-order valence-corrected chi connectivity index (χ0v) is 14.3. The number of rotatable bonds is 4. The van der Waals surface area contributed by atoms with E-state index in [0.29, 0.717) is 5.69 Å². The van der Waals surface area contributed by atoms with Crippen molar-refractivity contribution < 1.29 is 14.0 Å². The van der Waals surface area contributed by atoms with Crippen molar-refractivity contribution >= 4 is 23.2 Å². The second-order valence-corrected chi connectivity index (χ2v) is 5.91. The molecule has 0 radical (unpaired) electrons. The molecule has 0 aliphatic rings. The van der Waals surface area contributed by atoms with Gasteiger partial charge in [0.2, 0.25) is 11.8 Å². The van der Waals surface area contributed by atoms with Crippen molar-refractivity contribution in [1.82, 2.24) is 0 Å². The lowest BCUT2D eigenvalue weighted by atomic mass is 10.0. The molecule has 0 spiro atoms. The fraction of sp³-hybridized carbons (Fsp3) is 0.263. The number of anilines is 2. The molecule has 0 atom stereocenters. The normalized spacial score (nSPS) is 10.4. The van der Waals surface area contributed by atoms with Crippen LogP contribution in [-0.4, -0.2) is 18.4 Å². The minimum absolute atomic E-state index is 0.0998. The smallest absolute Gasteiger partial charge is 0.244 e. The first-order valence-electron chi connectivity index (χ1n) is 7.69. The standard InChI is InChI=1S/C19H21FN2O2/c1-12-9-13(2)19(14(3)10-12)22(15(4)23)11-18(24)21-17-7-5-16(20)6-8-17/h5-10H,11H2,1-4H3,(H,21,24). The van der Waals surface area contributed by atoms with Crippen molar-refractivity contribution in [1.29, 1.82) is 0 Å². The fourth-order valence-corrected chi connectivity index (χ4v) is 2.82. The van der Waals surface area contributed by atoms with E-state index in [-0.39, 0.29) is 24.2 Å². The fourth-order valence-electron chi connectivity index (χ4n) is 2.82. The number of carbonyl (C=O) groups is 2. The van der Waals surface area contributed by atoms with Crippen LogP contribution < -0.4 is 10.2 Å². The lowest BCUT2D eigenvalue weighted by Crippen LogP contribution is -2.37. The number of amides is 2. The van der Waals surface area contributed by atoms with Crippen molar-refractivity contribution in [3.8, 4) is 0 Å². The molecule has 126 valence electrons. The Balaban J connectivity index is 2.21. The molecule has 2 amide bonds. The van der Waals surface area contributed by atoms with Gasteiger partial charge in [0.15, 0.2) is 0 Å². The number of nitrogens with zero attached hydrogens (tertiary/aromatic N) is 1. The molecule has 0 unspecified atom stereocenters. The summed E-state index contributed by atoms with van der Waals surface area (Å²) in [7, 11) is 0. The lowest BCUT2D eigenvalue weighted by Gasteiger charge is -2.25. The second-order valence-electron chi connectivity index (χ2n) is 5.91. The Morgan fingerprint density at radius 3 is 2.08 bits per heavy atom. The van der Waals surface area contributed by atoms with E-state index in [2.05, 4.69) is 5.32 Å². The molecular formula is C19H21FN2O2. The van der Waals surface area contributed by atoms with Crippen LogP contribution in [0.4, 0.5) is 15.8 Å². The van der Waals surface area contributed by atoms with Gasteiger partial charge in [0.05, 0.1) is 5.69 Å². The topological polar surface area (TPSA) is 49.4 Å². The third kappa shape index (κ3) is 4.19. The average Bonchev–Trinajstić information content (AvgIpc) is 2.47. The van der Waals surface area contributed by atoms with Crippen molar-refractivity contribution in [2.75, 3.05) is 16.8 Å². The maximum atomic E-state index is 12.9. The molecule has 0 bridgehead atoms. The van der Waals surface area contributed by atoms with E-state index in [4.69, 9.17) is 0 Å². The maximum absolute atomic E-state index is 12.9. The summed E-state index contributed by atoms with van der Waals surface area (Å²) in [6.07, 6.45) is 0. The molecule has 2 aromatic carbocycles. The summed E-state index contributed by atoms with van der Waals surface area (Å²) in [4.78, 5) is 25.8. The number of hydrogen-bond donors (Lipinski definition) is 1. The van der Waals surface area contributed by atoms with Crippen LogP contribution in [0.25, 0.3) is 0 Å². The van der Waals surface area contributed by atoms with Gasteiger partial charge in [0, 0.05) is 12.6 Å². The van der Waals surface area contributed by atoms with Gasteiger partial charge in [0.1, 0.15) is 12.4 Å². The molecule has 0 aliphatic carbocycles. The van der Waals surface area contributed by atoms with Gasteiger partial charge in [-0.2, -0.15) is 0 Å². The molecule has 0 saturated heterocycles. The Hall–Kier alpha value is -2.69. The van der Waals surface area contributed by atoms with Gasteiger partial charge < -0.3 is 10.2 Å². The molecular weight excluding hydrogens is 307 g/mol. The second kappa shape index (κ2) is 7.25. The molecule has 0 heterocycles. The first kappa shape index (κ1) is 17.7. The minimum atomic E-state index is -0.371. The molecule has 0 aromatic heterocycles. The van der Waals surface area contributed by atoms with Crippen LogP contribution in [-0.2, 0) is 9.59 Å². The van der Waals surface area contributed by atoms with E-state index in [9.17, 15) is 14.0 Å². The monoisotopic (exact) mass is 328 g/mol. The Morgan fingerprint density at radius 1 is 1.04 bits per heavy atom. The zero-order chi connectivity index (χ0) is 17.9. The van der Waals surface area contributed by atoms with Crippen LogP contribution >= 0.6 is 0 Å². The molecule has 0 fully saturated rings. The number of nitrogens with one attached hydrogen (secondary N) is 1. The highest BCUT2D eigenvalue weighted by atomic mass is 19.1. The number of aryl methyl sites for hydroxylation is 3. The van der Waals surface area contributed by atoms with E-state index in [1.165, 1.54) is 36.1 Å². The minimum Gasteiger partial charge on any atom is -0.325 e. The van der Waals surface area contributed by atoms with Gasteiger partial charge >= 0.3 is 0 Å². The van der Waals surface area contributed by atoms with Crippen molar-refractivity contribution in [3.05, 3.63) is 58.9 Å². The highest BCUT2D eigenvalue weighted by Crippen LogP contribution is 2.26. The van der Waals surface area contributed by atoms with Crippen LogP contribution in [0.3, 0.4) is 0 Å². The van der Waals surface area contributed by atoms with Gasteiger partial charge in [-0.05, 0) is 56.2 Å². The number of benzene rings is 2.